The smallest absolute Gasteiger partial charge is 0.259 e. The molecule has 0 unspecified atom stereocenters. The summed E-state index contributed by atoms with van der Waals surface area (Å²) in [6.07, 6.45) is 4.12. The highest BCUT2D eigenvalue weighted by molar-refractivity contribution is 6.50. The fraction of sp³-hybridized carbons (Fsp3) is 0.190. The Morgan fingerprint density at radius 1 is 1.04 bits per heavy atom. The van der Waals surface area contributed by atoms with Gasteiger partial charge < -0.3 is 9.67 Å². The highest BCUT2D eigenvalue weighted by atomic mass is 16.3. The van der Waals surface area contributed by atoms with Crippen molar-refractivity contribution in [3.8, 4) is 0 Å². The van der Waals surface area contributed by atoms with Crippen LogP contribution in [0.25, 0.3) is 22.2 Å². The van der Waals surface area contributed by atoms with E-state index in [1.807, 2.05) is 54.1 Å². The fourth-order valence-corrected chi connectivity index (χ4v) is 3.56. The molecule has 2 amide bonds. The molecular formula is C21H19N3O3. The Morgan fingerprint density at radius 2 is 1.78 bits per heavy atom. The topological polar surface area (TPSA) is 84.2 Å². The van der Waals surface area contributed by atoms with Crippen LogP contribution in [0.4, 0.5) is 0 Å². The Labute approximate surface area is 156 Å². The van der Waals surface area contributed by atoms with E-state index in [1.165, 1.54) is 0 Å². The number of pyridine rings is 1. The molecule has 0 spiro atoms. The molecule has 3 aromatic rings. The number of carbonyl (C=O) groups is 2. The quantitative estimate of drug-likeness (QED) is 0.683. The van der Waals surface area contributed by atoms with Crippen LogP contribution in [0.5, 0.6) is 0 Å². The number of imide groups is 1. The van der Waals surface area contributed by atoms with Crippen molar-refractivity contribution < 1.29 is 14.7 Å². The van der Waals surface area contributed by atoms with E-state index in [4.69, 9.17) is 5.11 Å². The predicted octanol–water partition coefficient (Wildman–Crippen LogP) is 2.29. The molecule has 0 saturated heterocycles. The first-order valence-corrected chi connectivity index (χ1v) is 8.83. The molecule has 0 atom stereocenters. The molecule has 0 fully saturated rings. The van der Waals surface area contributed by atoms with Crippen molar-refractivity contribution in [1.82, 2.24) is 14.9 Å². The Hall–Kier alpha value is -3.25. The highest BCUT2D eigenvalue weighted by Gasteiger charge is 2.34. The lowest BCUT2D eigenvalue weighted by molar-refractivity contribution is -0.122. The summed E-state index contributed by atoms with van der Waals surface area (Å²) >= 11 is 0. The van der Waals surface area contributed by atoms with Gasteiger partial charge in [-0.05, 0) is 36.6 Å². The number of nitrogens with one attached hydrogen (secondary N) is 1. The molecule has 1 aliphatic heterocycles. The van der Waals surface area contributed by atoms with Gasteiger partial charge in [-0.3, -0.25) is 14.9 Å². The summed E-state index contributed by atoms with van der Waals surface area (Å²) in [6, 6.07) is 11.2. The Morgan fingerprint density at radius 3 is 2.52 bits per heavy atom. The van der Waals surface area contributed by atoms with Crippen molar-refractivity contribution in [3.05, 3.63) is 65.5 Å². The van der Waals surface area contributed by atoms with Gasteiger partial charge in [0, 0.05) is 36.5 Å². The summed E-state index contributed by atoms with van der Waals surface area (Å²) in [5, 5.41) is 12.4. The third-order valence-corrected chi connectivity index (χ3v) is 4.81. The minimum Gasteiger partial charge on any atom is -0.396 e. The molecule has 2 N–H and O–H groups in total. The minimum absolute atomic E-state index is 0.0674. The number of amides is 2. The van der Waals surface area contributed by atoms with Crippen molar-refractivity contribution in [2.75, 3.05) is 6.61 Å². The SMILES string of the molecule is Cc1ccccc1C1=C(c2cn(CCCO)c3ncccc23)C(=O)NC1=O. The van der Waals surface area contributed by atoms with E-state index in [2.05, 4.69) is 10.3 Å². The summed E-state index contributed by atoms with van der Waals surface area (Å²) in [5.41, 5.74) is 3.84. The zero-order valence-electron chi connectivity index (χ0n) is 14.9. The lowest BCUT2D eigenvalue weighted by Crippen LogP contribution is -2.22. The largest absolute Gasteiger partial charge is 0.396 e. The summed E-state index contributed by atoms with van der Waals surface area (Å²) in [5.74, 6) is -0.784. The van der Waals surface area contributed by atoms with Crippen molar-refractivity contribution in [1.29, 1.82) is 0 Å². The second-order valence-electron chi connectivity index (χ2n) is 6.54. The number of carbonyl (C=O) groups excluding carboxylic acids is 2. The molecule has 3 heterocycles. The summed E-state index contributed by atoms with van der Waals surface area (Å²) in [4.78, 5) is 29.7. The van der Waals surface area contributed by atoms with Gasteiger partial charge in [0.25, 0.3) is 11.8 Å². The van der Waals surface area contributed by atoms with E-state index >= 15 is 0 Å². The standard InChI is InChI=1S/C21H19N3O3/c1-13-6-2-3-7-14(13)17-18(21(27)23-20(17)26)16-12-24(10-5-11-25)19-15(16)8-4-9-22-19/h2-4,6-9,12,25H,5,10-11H2,1H3,(H,23,26,27). The van der Waals surface area contributed by atoms with Crippen LogP contribution in [0.3, 0.4) is 0 Å². The molecule has 0 bridgehead atoms. The van der Waals surface area contributed by atoms with Crippen LogP contribution < -0.4 is 5.32 Å². The molecule has 0 saturated carbocycles. The maximum atomic E-state index is 12.7. The number of aliphatic hydroxyl groups excluding tert-OH is 1. The Kier molecular flexibility index (Phi) is 4.33. The van der Waals surface area contributed by atoms with Gasteiger partial charge in [0.1, 0.15) is 5.65 Å². The molecule has 1 aromatic carbocycles. The first-order valence-electron chi connectivity index (χ1n) is 8.83. The molecule has 136 valence electrons. The molecule has 27 heavy (non-hydrogen) atoms. The van der Waals surface area contributed by atoms with Crippen LogP contribution in [-0.2, 0) is 16.1 Å². The first kappa shape index (κ1) is 17.2. The van der Waals surface area contributed by atoms with Crippen LogP contribution in [0.15, 0.2) is 48.8 Å². The molecule has 2 aromatic heterocycles. The third-order valence-electron chi connectivity index (χ3n) is 4.81. The molecule has 0 aliphatic carbocycles. The number of hydrogen-bond donors (Lipinski definition) is 2. The van der Waals surface area contributed by atoms with Gasteiger partial charge in [0.15, 0.2) is 0 Å². The summed E-state index contributed by atoms with van der Waals surface area (Å²) in [6.45, 7) is 2.56. The maximum Gasteiger partial charge on any atom is 0.259 e. The van der Waals surface area contributed by atoms with E-state index < -0.39 is 5.91 Å². The van der Waals surface area contributed by atoms with Crippen molar-refractivity contribution in [3.63, 3.8) is 0 Å². The summed E-state index contributed by atoms with van der Waals surface area (Å²) in [7, 11) is 0. The minimum atomic E-state index is -0.400. The van der Waals surface area contributed by atoms with Crippen LogP contribution in [0, 0.1) is 6.92 Å². The number of nitrogens with zero attached hydrogens (tertiary/aromatic N) is 2. The zero-order valence-corrected chi connectivity index (χ0v) is 14.9. The fourth-order valence-electron chi connectivity index (χ4n) is 3.56. The number of aliphatic hydroxyl groups is 1. The van der Waals surface area contributed by atoms with Gasteiger partial charge in [0.2, 0.25) is 0 Å². The lowest BCUT2D eigenvalue weighted by atomic mass is 9.94. The lowest BCUT2D eigenvalue weighted by Gasteiger charge is -2.07. The molecule has 6 nitrogen and oxygen atoms in total. The van der Waals surface area contributed by atoms with Gasteiger partial charge >= 0.3 is 0 Å². The van der Waals surface area contributed by atoms with Gasteiger partial charge in [-0.15, -0.1) is 0 Å². The predicted molar refractivity (Wildman–Crippen MR) is 103 cm³/mol. The average Bonchev–Trinajstić information content (AvgIpc) is 3.17. The molecule has 4 rings (SSSR count). The van der Waals surface area contributed by atoms with Crippen molar-refractivity contribution in [2.24, 2.45) is 0 Å². The molecule has 6 heteroatoms. The number of aryl methyl sites for hydroxylation is 2. The number of rotatable bonds is 5. The monoisotopic (exact) mass is 361 g/mol. The van der Waals surface area contributed by atoms with Gasteiger partial charge in [0.05, 0.1) is 11.1 Å². The number of hydrogen-bond acceptors (Lipinski definition) is 4. The van der Waals surface area contributed by atoms with Crippen LogP contribution in [-0.4, -0.2) is 33.1 Å². The second kappa shape index (κ2) is 6.81. The number of fused-ring (bicyclic) bond motifs is 1. The molecule has 0 radical (unpaired) electrons. The van der Waals surface area contributed by atoms with Crippen LogP contribution in [0.2, 0.25) is 0 Å². The van der Waals surface area contributed by atoms with Crippen LogP contribution >= 0.6 is 0 Å². The Bertz CT molecular complexity index is 1090. The molecule has 1 aliphatic rings. The second-order valence-corrected chi connectivity index (χ2v) is 6.54. The van der Waals surface area contributed by atoms with Gasteiger partial charge in [-0.2, -0.15) is 0 Å². The van der Waals surface area contributed by atoms with Crippen molar-refractivity contribution in [2.45, 2.75) is 19.9 Å². The van der Waals surface area contributed by atoms with Crippen LogP contribution in [0.1, 0.15) is 23.1 Å². The van der Waals surface area contributed by atoms with E-state index in [0.29, 0.717) is 29.7 Å². The first-order chi connectivity index (χ1) is 13.1. The van der Waals surface area contributed by atoms with E-state index in [1.54, 1.807) is 6.20 Å². The summed E-state index contributed by atoms with van der Waals surface area (Å²) < 4.78 is 1.92. The van der Waals surface area contributed by atoms with E-state index in [-0.39, 0.29) is 12.5 Å². The zero-order chi connectivity index (χ0) is 19.0. The normalized spacial score (nSPS) is 14.3. The number of aromatic nitrogens is 2. The van der Waals surface area contributed by atoms with Crippen molar-refractivity contribution >= 4 is 34.0 Å². The van der Waals surface area contributed by atoms with Gasteiger partial charge in [-0.1, -0.05) is 24.3 Å². The Balaban J connectivity index is 1.99. The average molecular weight is 361 g/mol. The highest BCUT2D eigenvalue weighted by Crippen LogP contribution is 2.36. The maximum absolute atomic E-state index is 12.7. The van der Waals surface area contributed by atoms with Gasteiger partial charge in [-0.25, -0.2) is 4.98 Å². The third kappa shape index (κ3) is 2.84. The molecular weight excluding hydrogens is 342 g/mol. The van der Waals surface area contributed by atoms with E-state index in [0.717, 1.165) is 22.2 Å². The van der Waals surface area contributed by atoms with E-state index in [9.17, 15) is 9.59 Å². The number of benzene rings is 1.